The van der Waals surface area contributed by atoms with E-state index in [1.165, 1.54) is 0 Å². The van der Waals surface area contributed by atoms with Gasteiger partial charge in [-0.1, -0.05) is 11.6 Å². The lowest BCUT2D eigenvalue weighted by atomic mass is 10.1. The van der Waals surface area contributed by atoms with E-state index in [1.807, 2.05) is 13.2 Å². The van der Waals surface area contributed by atoms with Gasteiger partial charge in [-0.05, 0) is 18.2 Å². The summed E-state index contributed by atoms with van der Waals surface area (Å²) in [4.78, 5) is 13.8. The molecule has 1 aromatic heterocycles. The van der Waals surface area contributed by atoms with Crippen molar-refractivity contribution in [3.8, 4) is 0 Å². The molecule has 0 saturated carbocycles. The summed E-state index contributed by atoms with van der Waals surface area (Å²) in [6.45, 7) is 0.495. The molecule has 0 atom stereocenters. The predicted molar refractivity (Wildman–Crippen MR) is 74.9 cm³/mol. The van der Waals surface area contributed by atoms with Gasteiger partial charge >= 0.3 is 0 Å². The van der Waals surface area contributed by atoms with E-state index in [0.29, 0.717) is 22.8 Å². The third-order valence-corrected chi connectivity index (χ3v) is 3.11. The fourth-order valence-corrected chi connectivity index (χ4v) is 1.91. The second-order valence-corrected chi connectivity index (χ2v) is 4.83. The molecule has 0 bridgehead atoms. The molecule has 0 fully saturated rings. The van der Waals surface area contributed by atoms with Gasteiger partial charge in [0.25, 0.3) is 5.91 Å². The minimum atomic E-state index is -0.104. The van der Waals surface area contributed by atoms with Crippen LogP contribution in [-0.4, -0.2) is 27.6 Å². The zero-order valence-corrected chi connectivity index (χ0v) is 11.6. The van der Waals surface area contributed by atoms with E-state index in [9.17, 15) is 4.79 Å². The lowest BCUT2D eigenvalue weighted by Crippen LogP contribution is -2.26. The molecule has 0 unspecified atom stereocenters. The minimum absolute atomic E-state index is 0.104. The van der Waals surface area contributed by atoms with E-state index in [4.69, 9.17) is 17.3 Å². The van der Waals surface area contributed by atoms with Crippen LogP contribution in [0.3, 0.4) is 0 Å². The van der Waals surface area contributed by atoms with Crippen LogP contribution < -0.4 is 5.73 Å². The number of hydrogen-bond acceptors (Lipinski definition) is 3. The number of aromatic nitrogens is 2. The number of benzene rings is 1. The quantitative estimate of drug-likeness (QED) is 0.873. The molecular formula is C13H15ClN4O. The highest BCUT2D eigenvalue weighted by Gasteiger charge is 2.13. The monoisotopic (exact) mass is 278 g/mol. The van der Waals surface area contributed by atoms with Gasteiger partial charge in [-0.15, -0.1) is 0 Å². The molecule has 0 spiro atoms. The van der Waals surface area contributed by atoms with Crippen LogP contribution >= 0.6 is 11.6 Å². The lowest BCUT2D eigenvalue weighted by molar-refractivity contribution is 0.0785. The van der Waals surface area contributed by atoms with Crippen LogP contribution in [0.4, 0.5) is 5.69 Å². The first-order chi connectivity index (χ1) is 8.97. The number of aryl methyl sites for hydroxylation is 1. The number of hydrogen-bond donors (Lipinski definition) is 1. The van der Waals surface area contributed by atoms with Gasteiger partial charge < -0.3 is 10.6 Å². The summed E-state index contributed by atoms with van der Waals surface area (Å²) in [5, 5.41) is 4.52. The SMILES string of the molecule is CN(Cc1cnn(C)c1)C(=O)c1ccc(Cl)c(N)c1. The molecule has 0 radical (unpaired) electrons. The van der Waals surface area contributed by atoms with E-state index < -0.39 is 0 Å². The Balaban J connectivity index is 2.12. The van der Waals surface area contributed by atoms with Crippen molar-refractivity contribution in [1.29, 1.82) is 0 Å². The molecule has 0 saturated heterocycles. The average Bonchev–Trinajstić information content (AvgIpc) is 2.77. The molecule has 6 heteroatoms. The topological polar surface area (TPSA) is 64.2 Å². The Morgan fingerprint density at radius 3 is 2.84 bits per heavy atom. The molecule has 5 nitrogen and oxygen atoms in total. The summed E-state index contributed by atoms with van der Waals surface area (Å²) in [7, 11) is 3.57. The Morgan fingerprint density at radius 1 is 1.53 bits per heavy atom. The number of carbonyl (C=O) groups excluding carboxylic acids is 1. The maximum absolute atomic E-state index is 12.2. The Bertz CT molecular complexity index is 608. The second kappa shape index (κ2) is 5.32. The largest absolute Gasteiger partial charge is 0.398 e. The Hall–Kier alpha value is -2.01. The van der Waals surface area contributed by atoms with E-state index >= 15 is 0 Å². The van der Waals surface area contributed by atoms with Crippen molar-refractivity contribution in [2.75, 3.05) is 12.8 Å². The number of nitrogens with zero attached hydrogens (tertiary/aromatic N) is 3. The third-order valence-electron chi connectivity index (χ3n) is 2.77. The molecule has 2 aromatic rings. The Morgan fingerprint density at radius 2 is 2.26 bits per heavy atom. The molecule has 100 valence electrons. The van der Waals surface area contributed by atoms with E-state index in [2.05, 4.69) is 5.10 Å². The van der Waals surface area contributed by atoms with Crippen LogP contribution in [-0.2, 0) is 13.6 Å². The summed E-state index contributed by atoms with van der Waals surface area (Å²) in [5.41, 5.74) is 7.60. The number of carbonyl (C=O) groups is 1. The normalized spacial score (nSPS) is 10.5. The van der Waals surface area contributed by atoms with Crippen LogP contribution in [0.5, 0.6) is 0 Å². The number of nitrogens with two attached hydrogens (primary N) is 1. The number of rotatable bonds is 3. The Kier molecular flexibility index (Phi) is 3.76. The van der Waals surface area contributed by atoms with Gasteiger partial charge in [0.2, 0.25) is 0 Å². The smallest absolute Gasteiger partial charge is 0.253 e. The van der Waals surface area contributed by atoms with Crippen molar-refractivity contribution in [3.63, 3.8) is 0 Å². The maximum atomic E-state index is 12.2. The van der Waals surface area contributed by atoms with E-state index in [1.54, 1.807) is 41.0 Å². The molecule has 2 N–H and O–H groups in total. The zero-order chi connectivity index (χ0) is 14.0. The standard InChI is InChI=1S/C13H15ClN4O/c1-17(7-9-6-16-18(2)8-9)13(19)10-3-4-11(14)12(15)5-10/h3-6,8H,7,15H2,1-2H3. The number of nitrogen functional groups attached to an aromatic ring is 1. The third kappa shape index (κ3) is 3.06. The first-order valence-corrected chi connectivity index (χ1v) is 6.13. The van der Waals surface area contributed by atoms with Crippen molar-refractivity contribution < 1.29 is 4.79 Å². The van der Waals surface area contributed by atoms with Gasteiger partial charge in [-0.2, -0.15) is 5.10 Å². The van der Waals surface area contributed by atoms with Gasteiger partial charge in [0, 0.05) is 38.0 Å². The molecule has 1 heterocycles. The maximum Gasteiger partial charge on any atom is 0.253 e. The first-order valence-electron chi connectivity index (χ1n) is 5.75. The molecular weight excluding hydrogens is 264 g/mol. The summed E-state index contributed by atoms with van der Waals surface area (Å²) in [6.07, 6.45) is 3.61. The van der Waals surface area contributed by atoms with Gasteiger partial charge in [0.15, 0.2) is 0 Å². The lowest BCUT2D eigenvalue weighted by Gasteiger charge is -2.16. The zero-order valence-electron chi connectivity index (χ0n) is 10.8. The molecule has 1 amide bonds. The van der Waals surface area contributed by atoms with Crippen molar-refractivity contribution in [2.45, 2.75) is 6.54 Å². The molecule has 0 aliphatic carbocycles. The molecule has 1 aromatic carbocycles. The fourth-order valence-electron chi connectivity index (χ4n) is 1.80. The van der Waals surface area contributed by atoms with Crippen LogP contribution in [0, 0.1) is 0 Å². The molecule has 2 rings (SSSR count). The fraction of sp³-hybridized carbons (Fsp3) is 0.231. The highest BCUT2D eigenvalue weighted by molar-refractivity contribution is 6.33. The van der Waals surface area contributed by atoms with Gasteiger partial charge in [0.1, 0.15) is 0 Å². The average molecular weight is 279 g/mol. The van der Waals surface area contributed by atoms with Crippen LogP contribution in [0.15, 0.2) is 30.6 Å². The molecule has 0 aliphatic heterocycles. The second-order valence-electron chi connectivity index (χ2n) is 4.42. The number of halogens is 1. The summed E-state index contributed by atoms with van der Waals surface area (Å²) >= 11 is 5.84. The van der Waals surface area contributed by atoms with Crippen molar-refractivity contribution in [3.05, 3.63) is 46.7 Å². The minimum Gasteiger partial charge on any atom is -0.398 e. The predicted octanol–water partition coefficient (Wildman–Crippen LogP) is 1.93. The number of anilines is 1. The van der Waals surface area contributed by atoms with Crippen LogP contribution in [0.1, 0.15) is 15.9 Å². The van der Waals surface area contributed by atoms with Crippen LogP contribution in [0.2, 0.25) is 5.02 Å². The van der Waals surface area contributed by atoms with Gasteiger partial charge in [-0.25, -0.2) is 0 Å². The summed E-state index contributed by atoms with van der Waals surface area (Å²) < 4.78 is 1.70. The van der Waals surface area contributed by atoms with E-state index in [0.717, 1.165) is 5.56 Å². The van der Waals surface area contributed by atoms with Crippen molar-refractivity contribution in [2.24, 2.45) is 7.05 Å². The highest BCUT2D eigenvalue weighted by atomic mass is 35.5. The molecule has 0 aliphatic rings. The van der Waals surface area contributed by atoms with Gasteiger partial charge in [0.05, 0.1) is 16.9 Å². The number of amides is 1. The Labute approximate surface area is 116 Å². The summed E-state index contributed by atoms with van der Waals surface area (Å²) in [6, 6.07) is 4.88. The van der Waals surface area contributed by atoms with Crippen molar-refractivity contribution in [1.82, 2.24) is 14.7 Å². The van der Waals surface area contributed by atoms with Crippen LogP contribution in [0.25, 0.3) is 0 Å². The van der Waals surface area contributed by atoms with E-state index in [-0.39, 0.29) is 5.91 Å². The highest BCUT2D eigenvalue weighted by Crippen LogP contribution is 2.20. The first kappa shape index (κ1) is 13.4. The molecule has 19 heavy (non-hydrogen) atoms. The van der Waals surface area contributed by atoms with Crippen molar-refractivity contribution >= 4 is 23.2 Å². The summed E-state index contributed by atoms with van der Waals surface area (Å²) in [5.74, 6) is -0.104. The van der Waals surface area contributed by atoms with Gasteiger partial charge in [-0.3, -0.25) is 9.48 Å².